The number of nitrogens with zero attached hydrogens (tertiary/aromatic N) is 2. The van der Waals surface area contributed by atoms with Gasteiger partial charge in [-0.05, 0) is 17.9 Å². The number of hydrogen-bond acceptors (Lipinski definition) is 3. The highest BCUT2D eigenvalue weighted by Crippen LogP contribution is 2.14. The van der Waals surface area contributed by atoms with E-state index in [1.807, 2.05) is 27.1 Å². The molecule has 0 aliphatic rings. The fraction of sp³-hybridized carbons (Fsp3) is 0.667. The van der Waals surface area contributed by atoms with Crippen molar-refractivity contribution >= 4 is 5.78 Å². The van der Waals surface area contributed by atoms with E-state index in [0.29, 0.717) is 18.9 Å². The molecule has 0 aliphatic heterocycles. The van der Waals surface area contributed by atoms with Gasteiger partial charge in [0.1, 0.15) is 5.78 Å². The Bertz CT molecular complexity index is 344. The van der Waals surface area contributed by atoms with E-state index >= 15 is 0 Å². The predicted molar refractivity (Wildman–Crippen MR) is 63.9 cm³/mol. The summed E-state index contributed by atoms with van der Waals surface area (Å²) in [7, 11) is 1.88. The molecule has 4 heteroatoms. The highest BCUT2D eigenvalue weighted by atomic mass is 16.1. The van der Waals surface area contributed by atoms with Crippen LogP contribution in [0, 0.1) is 11.8 Å². The van der Waals surface area contributed by atoms with Gasteiger partial charge in [-0.25, -0.2) is 0 Å². The average molecular weight is 223 g/mol. The second-order valence-corrected chi connectivity index (χ2v) is 4.57. The van der Waals surface area contributed by atoms with Gasteiger partial charge in [-0.3, -0.25) is 9.48 Å². The van der Waals surface area contributed by atoms with Gasteiger partial charge in [0, 0.05) is 32.1 Å². The van der Waals surface area contributed by atoms with Gasteiger partial charge >= 0.3 is 0 Å². The number of aromatic nitrogens is 2. The lowest BCUT2D eigenvalue weighted by atomic mass is 9.89. The molecule has 0 radical (unpaired) electrons. The third kappa shape index (κ3) is 3.45. The molecule has 1 atom stereocenters. The number of aryl methyl sites for hydroxylation is 2. The van der Waals surface area contributed by atoms with Crippen molar-refractivity contribution in [1.29, 1.82) is 0 Å². The van der Waals surface area contributed by atoms with E-state index in [0.717, 1.165) is 12.0 Å². The van der Waals surface area contributed by atoms with Crippen LogP contribution in [0.15, 0.2) is 12.4 Å². The lowest BCUT2D eigenvalue weighted by molar-refractivity contribution is -0.123. The average Bonchev–Trinajstić information content (AvgIpc) is 2.62. The Morgan fingerprint density at radius 3 is 2.69 bits per heavy atom. The number of carbonyl (C=O) groups excluding carboxylic acids is 1. The molecule has 0 bridgehead atoms. The Balaban J connectivity index is 2.45. The van der Waals surface area contributed by atoms with Crippen LogP contribution >= 0.6 is 0 Å². The Morgan fingerprint density at radius 2 is 2.25 bits per heavy atom. The number of hydrogen-bond donors (Lipinski definition) is 1. The van der Waals surface area contributed by atoms with E-state index in [1.54, 1.807) is 10.9 Å². The zero-order valence-electron chi connectivity index (χ0n) is 10.3. The molecule has 1 aromatic heterocycles. The minimum absolute atomic E-state index is 0.00308. The highest BCUT2D eigenvalue weighted by Gasteiger charge is 2.19. The number of Topliss-reactive ketones (excluding diaryl/α,β-unsaturated/α-hetero) is 1. The van der Waals surface area contributed by atoms with Crippen LogP contribution in [0.1, 0.15) is 25.8 Å². The Hall–Kier alpha value is -1.16. The van der Waals surface area contributed by atoms with Crippen molar-refractivity contribution in [1.82, 2.24) is 9.78 Å². The molecule has 0 amide bonds. The summed E-state index contributed by atoms with van der Waals surface area (Å²) in [5, 5.41) is 4.08. The first-order chi connectivity index (χ1) is 7.54. The highest BCUT2D eigenvalue weighted by molar-refractivity contribution is 5.81. The van der Waals surface area contributed by atoms with Crippen LogP contribution in [0.2, 0.25) is 0 Å². The minimum Gasteiger partial charge on any atom is -0.330 e. The van der Waals surface area contributed by atoms with E-state index in [2.05, 4.69) is 5.10 Å². The molecule has 0 fully saturated rings. The first kappa shape index (κ1) is 12.9. The van der Waals surface area contributed by atoms with Crippen LogP contribution in [-0.2, 0) is 18.3 Å². The van der Waals surface area contributed by atoms with Crippen molar-refractivity contribution in [2.45, 2.75) is 26.7 Å². The maximum atomic E-state index is 11.9. The van der Waals surface area contributed by atoms with Crippen LogP contribution < -0.4 is 5.73 Å². The second kappa shape index (κ2) is 5.80. The normalized spacial score (nSPS) is 13.1. The third-order valence-corrected chi connectivity index (χ3v) is 2.89. The predicted octanol–water partition coefficient (Wildman–Crippen LogP) is 1.15. The Kier molecular flexibility index (Phi) is 4.68. The maximum absolute atomic E-state index is 11.9. The van der Waals surface area contributed by atoms with E-state index in [9.17, 15) is 4.79 Å². The fourth-order valence-corrected chi connectivity index (χ4v) is 1.83. The maximum Gasteiger partial charge on any atom is 0.137 e. The van der Waals surface area contributed by atoms with Crippen molar-refractivity contribution < 1.29 is 4.79 Å². The lowest BCUT2D eigenvalue weighted by Crippen LogP contribution is -2.28. The van der Waals surface area contributed by atoms with Crippen LogP contribution in [0.4, 0.5) is 0 Å². The van der Waals surface area contributed by atoms with Gasteiger partial charge in [-0.2, -0.15) is 5.10 Å². The SMILES string of the molecule is CC(C)C(CN)C(=O)CCc1cnn(C)c1. The summed E-state index contributed by atoms with van der Waals surface area (Å²) in [5.74, 6) is 0.587. The standard InChI is InChI=1S/C12H21N3O/c1-9(2)11(6-13)12(16)5-4-10-7-14-15(3)8-10/h7-9,11H,4-6,13H2,1-3H3. The van der Waals surface area contributed by atoms with Crippen molar-refractivity contribution in [3.05, 3.63) is 18.0 Å². The number of ketones is 1. The molecule has 0 saturated carbocycles. The van der Waals surface area contributed by atoms with Crippen LogP contribution in [0.3, 0.4) is 0 Å². The summed E-state index contributed by atoms with van der Waals surface area (Å²) in [6.07, 6.45) is 5.07. The summed E-state index contributed by atoms with van der Waals surface area (Å²) in [6, 6.07) is 0. The first-order valence-electron chi connectivity index (χ1n) is 5.75. The monoisotopic (exact) mass is 223 g/mol. The summed E-state index contributed by atoms with van der Waals surface area (Å²) in [6.45, 7) is 4.53. The molecule has 1 heterocycles. The summed E-state index contributed by atoms with van der Waals surface area (Å²) < 4.78 is 1.75. The van der Waals surface area contributed by atoms with E-state index in [-0.39, 0.29) is 11.7 Å². The van der Waals surface area contributed by atoms with Gasteiger partial charge in [0.15, 0.2) is 0 Å². The molecule has 1 aromatic rings. The van der Waals surface area contributed by atoms with Crippen LogP contribution in [-0.4, -0.2) is 22.1 Å². The molecule has 0 aromatic carbocycles. The van der Waals surface area contributed by atoms with Gasteiger partial charge in [0.25, 0.3) is 0 Å². The van der Waals surface area contributed by atoms with Gasteiger partial charge in [-0.1, -0.05) is 13.8 Å². The zero-order chi connectivity index (χ0) is 12.1. The number of nitrogens with two attached hydrogens (primary N) is 1. The molecule has 0 saturated heterocycles. The third-order valence-electron chi connectivity index (χ3n) is 2.89. The van der Waals surface area contributed by atoms with Crippen molar-refractivity contribution in [2.75, 3.05) is 6.54 Å². The molecule has 16 heavy (non-hydrogen) atoms. The summed E-state index contributed by atoms with van der Waals surface area (Å²) >= 11 is 0. The van der Waals surface area contributed by atoms with Crippen molar-refractivity contribution in [3.63, 3.8) is 0 Å². The molecule has 90 valence electrons. The van der Waals surface area contributed by atoms with Crippen molar-refractivity contribution in [2.24, 2.45) is 24.6 Å². The molecule has 4 nitrogen and oxygen atoms in total. The molecule has 0 spiro atoms. The van der Waals surface area contributed by atoms with Gasteiger partial charge in [0.05, 0.1) is 6.20 Å². The minimum atomic E-state index is -0.00308. The Morgan fingerprint density at radius 1 is 1.56 bits per heavy atom. The molecule has 1 rings (SSSR count). The van der Waals surface area contributed by atoms with Crippen LogP contribution in [0.5, 0.6) is 0 Å². The fourth-order valence-electron chi connectivity index (χ4n) is 1.83. The summed E-state index contributed by atoms with van der Waals surface area (Å²) in [4.78, 5) is 11.9. The van der Waals surface area contributed by atoms with Gasteiger partial charge < -0.3 is 5.73 Å². The molecule has 1 unspecified atom stereocenters. The van der Waals surface area contributed by atoms with E-state index in [1.165, 1.54) is 0 Å². The van der Waals surface area contributed by atoms with Gasteiger partial charge in [0.2, 0.25) is 0 Å². The second-order valence-electron chi connectivity index (χ2n) is 4.57. The molecule has 2 N–H and O–H groups in total. The van der Waals surface area contributed by atoms with E-state index < -0.39 is 0 Å². The Labute approximate surface area is 96.8 Å². The quantitative estimate of drug-likeness (QED) is 0.787. The van der Waals surface area contributed by atoms with Crippen molar-refractivity contribution in [3.8, 4) is 0 Å². The smallest absolute Gasteiger partial charge is 0.137 e. The number of carbonyl (C=O) groups is 1. The molecular weight excluding hydrogens is 202 g/mol. The summed E-state index contributed by atoms with van der Waals surface area (Å²) in [5.41, 5.74) is 6.72. The molecule has 0 aliphatic carbocycles. The van der Waals surface area contributed by atoms with E-state index in [4.69, 9.17) is 5.73 Å². The van der Waals surface area contributed by atoms with Gasteiger partial charge in [-0.15, -0.1) is 0 Å². The number of rotatable bonds is 6. The largest absolute Gasteiger partial charge is 0.330 e. The topological polar surface area (TPSA) is 60.9 Å². The molecular formula is C12H21N3O. The zero-order valence-corrected chi connectivity index (χ0v) is 10.3. The lowest BCUT2D eigenvalue weighted by Gasteiger charge is -2.16. The first-order valence-corrected chi connectivity index (χ1v) is 5.75. The van der Waals surface area contributed by atoms with Crippen LogP contribution in [0.25, 0.3) is 0 Å².